The van der Waals surface area contributed by atoms with Crippen LogP contribution >= 0.6 is 23.1 Å². The Labute approximate surface area is 200 Å². The van der Waals surface area contributed by atoms with Gasteiger partial charge in [0, 0.05) is 29.9 Å². The second kappa shape index (κ2) is 10.1. The van der Waals surface area contributed by atoms with E-state index in [0.29, 0.717) is 20.6 Å². The first-order valence-electron chi connectivity index (χ1n) is 10.6. The van der Waals surface area contributed by atoms with Crippen LogP contribution in [0.15, 0.2) is 29.3 Å². The molecule has 1 N–H and O–H groups in total. The number of esters is 1. The number of hydrogen-bond acceptors (Lipinski definition) is 9. The number of thioether (sulfide) groups is 1. The number of carbonyl (C=O) groups excluding carboxylic acids is 2. The van der Waals surface area contributed by atoms with Crippen LogP contribution in [0.4, 0.5) is 11.4 Å². The van der Waals surface area contributed by atoms with Crippen LogP contribution in [-0.4, -0.2) is 60.5 Å². The molecule has 0 bridgehead atoms. The molecule has 3 aromatic rings. The first-order chi connectivity index (χ1) is 15.9. The van der Waals surface area contributed by atoms with Crippen LogP contribution in [0.1, 0.15) is 28.0 Å². The molecule has 0 radical (unpaired) electrons. The quantitative estimate of drug-likeness (QED) is 0.317. The summed E-state index contributed by atoms with van der Waals surface area (Å²) in [4.78, 5) is 37.5. The maximum Gasteiger partial charge on any atom is 0.348 e. The number of anilines is 2. The summed E-state index contributed by atoms with van der Waals surface area (Å²) >= 11 is 2.64. The van der Waals surface area contributed by atoms with Crippen molar-refractivity contribution in [3.05, 3.63) is 40.5 Å². The van der Waals surface area contributed by atoms with E-state index in [1.54, 1.807) is 6.92 Å². The number of carbonyl (C=O) groups is 2. The van der Waals surface area contributed by atoms with E-state index >= 15 is 0 Å². The number of morpholine rings is 1. The normalized spacial score (nSPS) is 14.8. The Morgan fingerprint density at radius 1 is 1.18 bits per heavy atom. The van der Waals surface area contributed by atoms with Crippen molar-refractivity contribution in [2.45, 2.75) is 31.0 Å². The molecule has 174 valence electrons. The summed E-state index contributed by atoms with van der Waals surface area (Å²) in [6.45, 7) is 8.69. The van der Waals surface area contributed by atoms with Gasteiger partial charge in [-0.15, -0.1) is 11.3 Å². The third kappa shape index (κ3) is 5.13. The number of aromatic nitrogens is 2. The Kier molecular flexibility index (Phi) is 7.16. The van der Waals surface area contributed by atoms with E-state index in [1.165, 1.54) is 30.2 Å². The minimum Gasteiger partial charge on any atom is -0.465 e. The number of nitrogens with one attached hydrogen (secondary N) is 1. The van der Waals surface area contributed by atoms with Crippen molar-refractivity contribution in [2.24, 2.45) is 0 Å². The molecule has 1 aliphatic heterocycles. The lowest BCUT2D eigenvalue weighted by Gasteiger charge is -2.28. The second-order valence-corrected chi connectivity index (χ2v) is 10.0. The van der Waals surface area contributed by atoms with Crippen molar-refractivity contribution in [2.75, 3.05) is 43.6 Å². The summed E-state index contributed by atoms with van der Waals surface area (Å²) in [6, 6.07) is 7.86. The number of amides is 1. The van der Waals surface area contributed by atoms with Gasteiger partial charge in [0.15, 0.2) is 0 Å². The van der Waals surface area contributed by atoms with Crippen LogP contribution in [-0.2, 0) is 14.3 Å². The Hall–Kier alpha value is -2.69. The van der Waals surface area contributed by atoms with E-state index in [9.17, 15) is 9.59 Å². The SMILES string of the molecule is COC(=O)c1sc2nc(C)nc(S[C@H](C)C(=O)Nc3ccc(N4CCOCC4)cc3)c2c1C. The smallest absolute Gasteiger partial charge is 0.348 e. The van der Waals surface area contributed by atoms with Crippen LogP contribution in [0, 0.1) is 13.8 Å². The molecule has 1 saturated heterocycles. The summed E-state index contributed by atoms with van der Waals surface area (Å²) < 4.78 is 10.3. The number of nitrogens with zero attached hydrogens (tertiary/aromatic N) is 3. The molecular formula is C23H26N4O4S2. The summed E-state index contributed by atoms with van der Waals surface area (Å²) in [7, 11) is 1.36. The first kappa shape index (κ1) is 23.5. The Balaban J connectivity index is 1.48. The lowest BCUT2D eigenvalue weighted by atomic mass is 10.2. The van der Waals surface area contributed by atoms with Gasteiger partial charge in [-0.05, 0) is 50.6 Å². The fourth-order valence-electron chi connectivity index (χ4n) is 3.62. The predicted molar refractivity (Wildman–Crippen MR) is 132 cm³/mol. The zero-order chi connectivity index (χ0) is 23.5. The summed E-state index contributed by atoms with van der Waals surface area (Å²) in [5.41, 5.74) is 2.63. The van der Waals surface area contributed by atoms with E-state index in [4.69, 9.17) is 9.47 Å². The molecule has 1 atom stereocenters. The van der Waals surface area contributed by atoms with Crippen molar-refractivity contribution in [1.82, 2.24) is 9.97 Å². The molecule has 1 aromatic carbocycles. The highest BCUT2D eigenvalue weighted by Crippen LogP contribution is 2.37. The van der Waals surface area contributed by atoms with Gasteiger partial charge in [-0.1, -0.05) is 11.8 Å². The number of rotatable bonds is 6. The largest absolute Gasteiger partial charge is 0.465 e. The van der Waals surface area contributed by atoms with Crippen molar-refractivity contribution < 1.29 is 19.1 Å². The van der Waals surface area contributed by atoms with Crippen LogP contribution in [0.3, 0.4) is 0 Å². The average molecular weight is 487 g/mol. The number of hydrogen-bond donors (Lipinski definition) is 1. The molecule has 0 saturated carbocycles. The molecular weight excluding hydrogens is 460 g/mol. The zero-order valence-corrected chi connectivity index (χ0v) is 20.6. The molecule has 1 aliphatic rings. The van der Waals surface area contributed by atoms with Crippen LogP contribution in [0.5, 0.6) is 0 Å². The number of ether oxygens (including phenoxy) is 2. The van der Waals surface area contributed by atoms with Gasteiger partial charge in [0.25, 0.3) is 0 Å². The lowest BCUT2D eigenvalue weighted by Crippen LogP contribution is -2.36. The maximum atomic E-state index is 12.9. The Morgan fingerprint density at radius 3 is 2.55 bits per heavy atom. The van der Waals surface area contributed by atoms with Gasteiger partial charge >= 0.3 is 5.97 Å². The minimum absolute atomic E-state index is 0.121. The molecule has 3 heterocycles. The standard InChI is InChI=1S/C23H26N4O4S2/c1-13-18-21(24-15(3)25-22(18)33-19(13)23(29)30-4)32-14(2)20(28)26-16-5-7-17(8-6-16)27-9-11-31-12-10-27/h5-8,14H,9-12H2,1-4H3,(H,26,28)/t14-/m1/s1. The van der Waals surface area contributed by atoms with Crippen molar-refractivity contribution in [1.29, 1.82) is 0 Å². The topological polar surface area (TPSA) is 93.7 Å². The van der Waals surface area contributed by atoms with E-state index in [0.717, 1.165) is 48.6 Å². The lowest BCUT2D eigenvalue weighted by molar-refractivity contribution is -0.115. The van der Waals surface area contributed by atoms with E-state index in [2.05, 4.69) is 20.2 Å². The first-order valence-corrected chi connectivity index (χ1v) is 12.3. The van der Waals surface area contributed by atoms with Gasteiger partial charge in [0.2, 0.25) is 5.91 Å². The number of aryl methyl sites for hydroxylation is 2. The van der Waals surface area contributed by atoms with Gasteiger partial charge in [-0.3, -0.25) is 4.79 Å². The van der Waals surface area contributed by atoms with Crippen molar-refractivity contribution in [3.63, 3.8) is 0 Å². The van der Waals surface area contributed by atoms with Gasteiger partial charge in [0.05, 0.1) is 25.6 Å². The molecule has 33 heavy (non-hydrogen) atoms. The Bertz CT molecular complexity index is 1170. The fourth-order valence-corrected chi connectivity index (χ4v) is 5.88. The third-order valence-electron chi connectivity index (χ3n) is 5.41. The van der Waals surface area contributed by atoms with Gasteiger partial charge in [-0.25, -0.2) is 14.8 Å². The molecule has 1 fully saturated rings. The minimum atomic E-state index is -0.401. The fraction of sp³-hybridized carbons (Fsp3) is 0.391. The molecule has 2 aromatic heterocycles. The third-order valence-corrected chi connectivity index (χ3v) is 7.66. The highest BCUT2D eigenvalue weighted by molar-refractivity contribution is 8.00. The van der Waals surface area contributed by atoms with Crippen LogP contribution in [0.25, 0.3) is 10.2 Å². The molecule has 0 aliphatic carbocycles. The molecule has 0 spiro atoms. The molecule has 8 nitrogen and oxygen atoms in total. The molecule has 0 unspecified atom stereocenters. The highest BCUT2D eigenvalue weighted by Gasteiger charge is 2.23. The Morgan fingerprint density at radius 2 is 1.88 bits per heavy atom. The van der Waals surface area contributed by atoms with Crippen molar-refractivity contribution in [3.8, 4) is 0 Å². The summed E-state index contributed by atoms with van der Waals surface area (Å²) in [5, 5.41) is 4.07. The summed E-state index contributed by atoms with van der Waals surface area (Å²) in [6.07, 6.45) is 0. The zero-order valence-electron chi connectivity index (χ0n) is 19.0. The monoisotopic (exact) mass is 486 g/mol. The predicted octanol–water partition coefficient (Wildman–Crippen LogP) is 4.05. The van der Waals surface area contributed by atoms with Gasteiger partial charge < -0.3 is 19.7 Å². The second-order valence-electron chi connectivity index (χ2n) is 7.70. The van der Waals surface area contributed by atoms with Crippen molar-refractivity contribution >= 4 is 56.6 Å². The van der Waals surface area contributed by atoms with Gasteiger partial charge in [-0.2, -0.15) is 0 Å². The molecule has 4 rings (SSSR count). The summed E-state index contributed by atoms with van der Waals surface area (Å²) in [5.74, 6) is 0.0778. The number of methoxy groups -OCH3 is 1. The highest BCUT2D eigenvalue weighted by atomic mass is 32.2. The maximum absolute atomic E-state index is 12.9. The van der Waals surface area contributed by atoms with Crippen LogP contribution < -0.4 is 10.2 Å². The number of thiophene rings is 1. The number of fused-ring (bicyclic) bond motifs is 1. The van der Waals surface area contributed by atoms with E-state index in [-0.39, 0.29) is 5.91 Å². The molecule has 10 heteroatoms. The average Bonchev–Trinajstić information content (AvgIpc) is 3.15. The van der Waals surface area contributed by atoms with E-state index < -0.39 is 11.2 Å². The number of benzene rings is 1. The molecule has 1 amide bonds. The van der Waals surface area contributed by atoms with Gasteiger partial charge in [0.1, 0.15) is 20.6 Å². The van der Waals surface area contributed by atoms with E-state index in [1.807, 2.05) is 38.1 Å². The van der Waals surface area contributed by atoms with Crippen LogP contribution in [0.2, 0.25) is 0 Å².